The monoisotopic (exact) mass is 323 g/mol. The summed E-state index contributed by atoms with van der Waals surface area (Å²) in [7, 11) is 1.38. The van der Waals surface area contributed by atoms with Crippen LogP contribution in [0.4, 0.5) is 0 Å². The molecule has 6 heteroatoms. The van der Waals surface area contributed by atoms with Crippen molar-refractivity contribution < 1.29 is 24.2 Å². The predicted molar refractivity (Wildman–Crippen MR) is 86.7 cm³/mol. The summed E-state index contributed by atoms with van der Waals surface area (Å²) >= 11 is 0. The van der Waals surface area contributed by atoms with Crippen LogP contribution in [0.25, 0.3) is 0 Å². The third kappa shape index (κ3) is 5.25. The molecular weight excluding hydrogens is 298 g/mol. The molecule has 2 N–H and O–H groups in total. The van der Waals surface area contributed by atoms with Gasteiger partial charge in [0.25, 0.3) is 5.91 Å². The molecule has 0 heterocycles. The molecule has 0 aromatic heterocycles. The molecule has 1 aromatic rings. The van der Waals surface area contributed by atoms with Gasteiger partial charge in [0.15, 0.2) is 12.1 Å². The van der Waals surface area contributed by atoms with Crippen LogP contribution in [0.1, 0.15) is 33.3 Å². The first-order chi connectivity index (χ1) is 10.6. The average molecular weight is 323 g/mol. The van der Waals surface area contributed by atoms with Gasteiger partial charge < -0.3 is 19.9 Å². The minimum absolute atomic E-state index is 0.126. The maximum Gasteiger partial charge on any atom is 0.331 e. The Labute approximate surface area is 136 Å². The highest BCUT2D eigenvalue weighted by atomic mass is 16.5. The van der Waals surface area contributed by atoms with E-state index >= 15 is 0 Å². The molecule has 0 saturated heterocycles. The van der Waals surface area contributed by atoms with Gasteiger partial charge in [-0.25, -0.2) is 4.79 Å². The number of nitrogens with one attached hydrogen (secondary N) is 1. The molecule has 23 heavy (non-hydrogen) atoms. The molecule has 0 saturated carbocycles. The average Bonchev–Trinajstić information content (AvgIpc) is 2.44. The fourth-order valence-electron chi connectivity index (χ4n) is 2.14. The summed E-state index contributed by atoms with van der Waals surface area (Å²) in [5.41, 5.74) is -0.636. The Morgan fingerprint density at radius 1 is 1.17 bits per heavy atom. The van der Waals surface area contributed by atoms with Crippen molar-refractivity contribution in [2.45, 2.75) is 38.6 Å². The largest absolute Gasteiger partial charge is 0.483 e. The van der Waals surface area contributed by atoms with Gasteiger partial charge in [-0.1, -0.05) is 39.0 Å². The van der Waals surface area contributed by atoms with Crippen molar-refractivity contribution >= 4 is 11.9 Å². The minimum atomic E-state index is -1.49. The number of carboxylic acids is 1. The summed E-state index contributed by atoms with van der Waals surface area (Å²) in [6.07, 6.45) is 0. The van der Waals surface area contributed by atoms with Gasteiger partial charge in [-0.15, -0.1) is 0 Å². The van der Waals surface area contributed by atoms with Crippen LogP contribution in [0.5, 0.6) is 5.75 Å². The lowest BCUT2D eigenvalue weighted by Crippen LogP contribution is -2.56. The zero-order chi connectivity index (χ0) is 17.7. The van der Waals surface area contributed by atoms with Crippen LogP contribution in [0.3, 0.4) is 0 Å². The Morgan fingerprint density at radius 3 is 2.30 bits per heavy atom. The highest BCUT2D eigenvalue weighted by molar-refractivity contribution is 5.87. The molecule has 1 rings (SSSR count). The standard InChI is InChI=1S/C17H25NO5/c1-16(2,3)12-8-6-7-9-13(12)23-10-14(19)18-17(4,11-22-5)15(20)21/h6-9H,10-11H2,1-5H3,(H,18,19)(H,20,21). The van der Waals surface area contributed by atoms with E-state index in [0.29, 0.717) is 5.75 Å². The molecule has 0 bridgehead atoms. The van der Waals surface area contributed by atoms with Gasteiger partial charge in [-0.3, -0.25) is 4.79 Å². The van der Waals surface area contributed by atoms with Crippen LogP contribution in [-0.4, -0.2) is 42.8 Å². The fraction of sp³-hybridized carbons (Fsp3) is 0.529. The Balaban J connectivity index is 2.76. The summed E-state index contributed by atoms with van der Waals surface area (Å²) in [6, 6.07) is 7.47. The second kappa shape index (κ2) is 7.46. The molecule has 1 amide bonds. The van der Waals surface area contributed by atoms with Crippen molar-refractivity contribution in [2.75, 3.05) is 20.3 Å². The van der Waals surface area contributed by atoms with Crippen LogP contribution < -0.4 is 10.1 Å². The maximum absolute atomic E-state index is 12.0. The number of para-hydroxylation sites is 1. The molecule has 0 spiro atoms. The Bertz CT molecular complexity index is 564. The van der Waals surface area contributed by atoms with Crippen LogP contribution in [-0.2, 0) is 19.7 Å². The lowest BCUT2D eigenvalue weighted by molar-refractivity contribution is -0.149. The van der Waals surface area contributed by atoms with E-state index in [0.717, 1.165) is 5.56 Å². The Morgan fingerprint density at radius 2 is 1.78 bits per heavy atom. The van der Waals surface area contributed by atoms with E-state index in [-0.39, 0.29) is 18.6 Å². The smallest absolute Gasteiger partial charge is 0.331 e. The molecule has 0 radical (unpaired) electrons. The molecule has 0 aliphatic rings. The molecule has 128 valence electrons. The van der Waals surface area contributed by atoms with Gasteiger partial charge in [0.2, 0.25) is 0 Å². The van der Waals surface area contributed by atoms with Crippen molar-refractivity contribution in [1.82, 2.24) is 5.32 Å². The molecule has 0 aliphatic heterocycles. The first kappa shape index (κ1) is 19.0. The van der Waals surface area contributed by atoms with E-state index in [1.807, 2.05) is 18.2 Å². The summed E-state index contributed by atoms with van der Waals surface area (Å²) in [4.78, 5) is 23.3. The zero-order valence-corrected chi connectivity index (χ0v) is 14.3. The van der Waals surface area contributed by atoms with E-state index in [2.05, 4.69) is 26.1 Å². The number of rotatable bonds is 7. The van der Waals surface area contributed by atoms with E-state index in [1.165, 1.54) is 14.0 Å². The van der Waals surface area contributed by atoms with Crippen molar-refractivity contribution in [1.29, 1.82) is 0 Å². The number of hydrogen-bond acceptors (Lipinski definition) is 4. The molecular formula is C17H25NO5. The highest BCUT2D eigenvalue weighted by Gasteiger charge is 2.35. The van der Waals surface area contributed by atoms with Crippen LogP contribution >= 0.6 is 0 Å². The number of amides is 1. The van der Waals surface area contributed by atoms with E-state index in [4.69, 9.17) is 9.47 Å². The van der Waals surface area contributed by atoms with Crippen molar-refractivity contribution in [3.05, 3.63) is 29.8 Å². The van der Waals surface area contributed by atoms with Crippen molar-refractivity contribution in [2.24, 2.45) is 0 Å². The molecule has 1 unspecified atom stereocenters. The lowest BCUT2D eigenvalue weighted by atomic mass is 9.86. The Hall–Kier alpha value is -2.08. The molecule has 0 fully saturated rings. The first-order valence-corrected chi connectivity index (χ1v) is 7.36. The van der Waals surface area contributed by atoms with Crippen molar-refractivity contribution in [3.63, 3.8) is 0 Å². The number of carbonyl (C=O) groups excluding carboxylic acids is 1. The zero-order valence-electron chi connectivity index (χ0n) is 14.3. The minimum Gasteiger partial charge on any atom is -0.483 e. The SMILES string of the molecule is COCC(C)(NC(=O)COc1ccccc1C(C)(C)C)C(=O)O. The highest BCUT2D eigenvalue weighted by Crippen LogP contribution is 2.30. The van der Waals surface area contributed by atoms with Gasteiger partial charge in [0.05, 0.1) is 6.61 Å². The molecule has 0 aliphatic carbocycles. The Kier molecular flexibility index (Phi) is 6.15. The van der Waals surface area contributed by atoms with E-state index in [1.54, 1.807) is 6.07 Å². The van der Waals surface area contributed by atoms with Crippen LogP contribution in [0.15, 0.2) is 24.3 Å². The maximum atomic E-state index is 12.0. The van der Waals surface area contributed by atoms with Crippen molar-refractivity contribution in [3.8, 4) is 5.75 Å². The van der Waals surface area contributed by atoms with E-state index in [9.17, 15) is 14.7 Å². The number of hydrogen-bond donors (Lipinski definition) is 2. The van der Waals surface area contributed by atoms with Gasteiger partial charge in [-0.05, 0) is 24.0 Å². The third-order valence-electron chi connectivity index (χ3n) is 3.37. The number of carbonyl (C=O) groups is 2. The molecule has 1 aromatic carbocycles. The molecule has 1 atom stereocenters. The van der Waals surface area contributed by atoms with Gasteiger partial charge in [0.1, 0.15) is 5.75 Å². The number of methoxy groups -OCH3 is 1. The van der Waals surface area contributed by atoms with Gasteiger partial charge in [0, 0.05) is 7.11 Å². The van der Waals surface area contributed by atoms with Gasteiger partial charge >= 0.3 is 5.97 Å². The topological polar surface area (TPSA) is 84.9 Å². The number of benzene rings is 1. The molecule has 6 nitrogen and oxygen atoms in total. The predicted octanol–water partition coefficient (Wildman–Crippen LogP) is 1.97. The summed E-state index contributed by atoms with van der Waals surface area (Å²) in [5, 5.41) is 11.6. The normalized spacial score (nSPS) is 14.0. The lowest BCUT2D eigenvalue weighted by Gasteiger charge is -2.26. The second-order valence-corrected chi connectivity index (χ2v) is 6.65. The third-order valence-corrected chi connectivity index (χ3v) is 3.37. The summed E-state index contributed by atoms with van der Waals surface area (Å²) in [5.74, 6) is -1.07. The summed E-state index contributed by atoms with van der Waals surface area (Å²) in [6.45, 7) is 7.15. The van der Waals surface area contributed by atoms with Crippen LogP contribution in [0, 0.1) is 0 Å². The van der Waals surface area contributed by atoms with Gasteiger partial charge in [-0.2, -0.15) is 0 Å². The quantitative estimate of drug-likeness (QED) is 0.801. The number of ether oxygens (including phenoxy) is 2. The second-order valence-electron chi connectivity index (χ2n) is 6.65. The number of aliphatic carboxylic acids is 1. The number of carboxylic acid groups (broad SMARTS) is 1. The summed E-state index contributed by atoms with van der Waals surface area (Å²) < 4.78 is 10.4. The first-order valence-electron chi connectivity index (χ1n) is 7.36. The van der Waals surface area contributed by atoms with E-state index < -0.39 is 17.4 Å². The van der Waals surface area contributed by atoms with Crippen LogP contribution in [0.2, 0.25) is 0 Å². The fourth-order valence-corrected chi connectivity index (χ4v) is 2.14.